The number of aromatic nitrogens is 4. The summed E-state index contributed by atoms with van der Waals surface area (Å²) < 4.78 is 2.41. The standard InChI is InChI=1S/C6H10N4O/c1-3-5-10-6(11)9(4-2)7-8-10/h4H,2-3,5H2,1H3. The smallest absolute Gasteiger partial charge is 0.244 e. The molecule has 0 saturated carbocycles. The first-order valence-electron chi connectivity index (χ1n) is 3.44. The normalized spacial score (nSPS) is 9.91. The number of hydrogen-bond donors (Lipinski definition) is 0. The van der Waals surface area contributed by atoms with Crippen molar-refractivity contribution in [2.24, 2.45) is 0 Å². The van der Waals surface area contributed by atoms with Crippen LogP contribution >= 0.6 is 0 Å². The van der Waals surface area contributed by atoms with Crippen molar-refractivity contribution < 1.29 is 0 Å². The predicted molar refractivity (Wildman–Crippen MR) is 41.0 cm³/mol. The van der Waals surface area contributed by atoms with Gasteiger partial charge in [0.05, 0.1) is 0 Å². The predicted octanol–water partition coefficient (Wildman–Crippen LogP) is -0.0497. The van der Waals surface area contributed by atoms with E-state index in [2.05, 4.69) is 17.0 Å². The quantitative estimate of drug-likeness (QED) is 0.613. The molecular formula is C6H10N4O. The molecule has 0 aliphatic rings. The van der Waals surface area contributed by atoms with Gasteiger partial charge in [0, 0.05) is 12.7 Å². The van der Waals surface area contributed by atoms with Gasteiger partial charge in [0.2, 0.25) is 0 Å². The van der Waals surface area contributed by atoms with Crippen molar-refractivity contribution in [1.82, 2.24) is 19.8 Å². The molecular weight excluding hydrogens is 144 g/mol. The van der Waals surface area contributed by atoms with E-state index < -0.39 is 0 Å². The molecule has 0 amide bonds. The van der Waals surface area contributed by atoms with E-state index in [0.29, 0.717) is 6.54 Å². The Morgan fingerprint density at radius 2 is 2.36 bits per heavy atom. The Bertz CT molecular complexity index is 298. The van der Waals surface area contributed by atoms with Crippen molar-refractivity contribution >= 4 is 6.20 Å². The molecule has 1 rings (SSSR count). The fraction of sp³-hybridized carbons (Fsp3) is 0.500. The molecule has 1 heterocycles. The summed E-state index contributed by atoms with van der Waals surface area (Å²) in [5.41, 5.74) is -0.234. The highest BCUT2D eigenvalue weighted by Gasteiger charge is 2.00. The summed E-state index contributed by atoms with van der Waals surface area (Å²) in [7, 11) is 0. The Morgan fingerprint density at radius 3 is 2.82 bits per heavy atom. The summed E-state index contributed by atoms with van der Waals surface area (Å²) in [6, 6.07) is 0. The van der Waals surface area contributed by atoms with Crippen LogP contribution in [0.15, 0.2) is 11.4 Å². The van der Waals surface area contributed by atoms with Gasteiger partial charge in [-0.3, -0.25) is 0 Å². The number of tetrazole rings is 1. The van der Waals surface area contributed by atoms with Crippen LogP contribution < -0.4 is 5.69 Å². The van der Waals surface area contributed by atoms with Gasteiger partial charge in [-0.25, -0.2) is 4.79 Å². The highest BCUT2D eigenvalue weighted by atomic mass is 16.2. The second-order valence-corrected chi connectivity index (χ2v) is 2.11. The largest absolute Gasteiger partial charge is 0.367 e. The zero-order valence-corrected chi connectivity index (χ0v) is 6.40. The molecule has 0 bridgehead atoms. The minimum atomic E-state index is -0.234. The third-order valence-corrected chi connectivity index (χ3v) is 1.27. The maximum atomic E-state index is 11.1. The monoisotopic (exact) mass is 154 g/mol. The van der Waals surface area contributed by atoms with E-state index in [1.807, 2.05) is 6.92 Å². The number of aryl methyl sites for hydroxylation is 1. The zero-order valence-electron chi connectivity index (χ0n) is 6.40. The molecule has 5 nitrogen and oxygen atoms in total. The summed E-state index contributed by atoms with van der Waals surface area (Å²) >= 11 is 0. The molecule has 0 radical (unpaired) electrons. The maximum absolute atomic E-state index is 11.1. The maximum Gasteiger partial charge on any atom is 0.367 e. The lowest BCUT2D eigenvalue weighted by Gasteiger charge is -1.89. The van der Waals surface area contributed by atoms with Gasteiger partial charge in [0.25, 0.3) is 0 Å². The summed E-state index contributed by atoms with van der Waals surface area (Å²) in [6.07, 6.45) is 2.21. The fourth-order valence-corrected chi connectivity index (χ4v) is 0.753. The Labute approximate surface area is 63.9 Å². The molecule has 0 aliphatic carbocycles. The minimum absolute atomic E-state index is 0.234. The third-order valence-electron chi connectivity index (χ3n) is 1.27. The van der Waals surface area contributed by atoms with Gasteiger partial charge >= 0.3 is 5.69 Å². The molecule has 0 saturated heterocycles. The lowest BCUT2D eigenvalue weighted by atomic mass is 10.5. The van der Waals surface area contributed by atoms with Crippen LogP contribution in [0.4, 0.5) is 0 Å². The zero-order chi connectivity index (χ0) is 8.27. The van der Waals surface area contributed by atoms with E-state index in [-0.39, 0.29) is 5.69 Å². The van der Waals surface area contributed by atoms with Crippen LogP contribution in [0.25, 0.3) is 6.20 Å². The van der Waals surface area contributed by atoms with Crippen molar-refractivity contribution in [3.63, 3.8) is 0 Å². The molecule has 0 N–H and O–H groups in total. The van der Waals surface area contributed by atoms with Crippen LogP contribution in [-0.4, -0.2) is 19.8 Å². The van der Waals surface area contributed by atoms with Crippen molar-refractivity contribution in [3.05, 3.63) is 17.1 Å². The molecule has 0 fully saturated rings. The lowest BCUT2D eigenvalue weighted by molar-refractivity contribution is 0.564. The first kappa shape index (κ1) is 7.71. The number of nitrogens with zero attached hydrogens (tertiary/aromatic N) is 4. The lowest BCUT2D eigenvalue weighted by Crippen LogP contribution is -2.22. The van der Waals surface area contributed by atoms with E-state index in [9.17, 15) is 4.79 Å². The Morgan fingerprint density at radius 1 is 1.64 bits per heavy atom. The Hall–Kier alpha value is -1.39. The summed E-state index contributed by atoms with van der Waals surface area (Å²) in [5, 5.41) is 7.17. The first-order chi connectivity index (χ1) is 5.29. The first-order valence-corrected chi connectivity index (χ1v) is 3.44. The average molecular weight is 154 g/mol. The molecule has 1 aromatic rings. The van der Waals surface area contributed by atoms with Gasteiger partial charge in [-0.15, -0.1) is 0 Å². The molecule has 0 aromatic carbocycles. The van der Waals surface area contributed by atoms with Crippen molar-refractivity contribution in [2.75, 3.05) is 0 Å². The van der Waals surface area contributed by atoms with Crippen LogP contribution in [0.2, 0.25) is 0 Å². The van der Waals surface area contributed by atoms with E-state index in [1.165, 1.54) is 10.9 Å². The van der Waals surface area contributed by atoms with Gasteiger partial charge in [-0.1, -0.05) is 13.5 Å². The van der Waals surface area contributed by atoms with Crippen molar-refractivity contribution in [1.29, 1.82) is 0 Å². The minimum Gasteiger partial charge on any atom is -0.244 e. The highest BCUT2D eigenvalue weighted by Crippen LogP contribution is 1.79. The van der Waals surface area contributed by atoms with Crippen LogP contribution in [-0.2, 0) is 6.54 Å². The average Bonchev–Trinajstić information content (AvgIpc) is 2.34. The van der Waals surface area contributed by atoms with Crippen LogP contribution in [0, 0.1) is 0 Å². The molecule has 0 spiro atoms. The van der Waals surface area contributed by atoms with E-state index >= 15 is 0 Å². The summed E-state index contributed by atoms with van der Waals surface area (Å²) in [6.45, 7) is 5.99. The molecule has 1 aromatic heterocycles. The van der Waals surface area contributed by atoms with Gasteiger partial charge in [0.1, 0.15) is 0 Å². The van der Waals surface area contributed by atoms with E-state index in [0.717, 1.165) is 11.1 Å². The summed E-state index contributed by atoms with van der Waals surface area (Å²) in [5.74, 6) is 0. The third kappa shape index (κ3) is 1.36. The van der Waals surface area contributed by atoms with Gasteiger partial charge in [-0.2, -0.15) is 9.36 Å². The highest BCUT2D eigenvalue weighted by molar-refractivity contribution is 5.09. The van der Waals surface area contributed by atoms with Crippen molar-refractivity contribution in [3.8, 4) is 0 Å². The SMILES string of the molecule is C=Cn1nnn(CCC)c1=O. The van der Waals surface area contributed by atoms with Crippen molar-refractivity contribution in [2.45, 2.75) is 19.9 Å². The molecule has 11 heavy (non-hydrogen) atoms. The summed E-state index contributed by atoms with van der Waals surface area (Å²) in [4.78, 5) is 11.1. The molecule has 0 unspecified atom stereocenters. The second kappa shape index (κ2) is 3.14. The Balaban J connectivity index is 3.01. The second-order valence-electron chi connectivity index (χ2n) is 2.11. The number of hydrogen-bond acceptors (Lipinski definition) is 3. The fourth-order valence-electron chi connectivity index (χ4n) is 0.753. The molecule has 0 aliphatic heterocycles. The Kier molecular flexibility index (Phi) is 2.20. The molecule has 60 valence electrons. The topological polar surface area (TPSA) is 52.7 Å². The van der Waals surface area contributed by atoms with Gasteiger partial charge in [0.15, 0.2) is 0 Å². The molecule has 0 atom stereocenters. The van der Waals surface area contributed by atoms with E-state index in [1.54, 1.807) is 0 Å². The number of rotatable bonds is 3. The van der Waals surface area contributed by atoms with Crippen LogP contribution in [0.3, 0.4) is 0 Å². The van der Waals surface area contributed by atoms with Gasteiger partial charge in [-0.05, 0) is 16.8 Å². The molecule has 5 heteroatoms. The van der Waals surface area contributed by atoms with Crippen LogP contribution in [0.5, 0.6) is 0 Å². The van der Waals surface area contributed by atoms with Gasteiger partial charge < -0.3 is 0 Å². The van der Waals surface area contributed by atoms with E-state index in [4.69, 9.17) is 0 Å². The van der Waals surface area contributed by atoms with Crippen LogP contribution in [0.1, 0.15) is 13.3 Å².